The molecule has 114 valence electrons. The Balaban J connectivity index is 1.81. The van der Waals surface area contributed by atoms with Crippen molar-refractivity contribution in [3.8, 4) is 0 Å². The van der Waals surface area contributed by atoms with Crippen LogP contribution in [0.5, 0.6) is 0 Å². The average Bonchev–Trinajstić information content (AvgIpc) is 2.97. The molecule has 0 aromatic heterocycles. The summed E-state index contributed by atoms with van der Waals surface area (Å²) in [5.41, 5.74) is -0.181. The largest absolute Gasteiger partial charge is 0.374 e. The molecule has 4 heteroatoms. The van der Waals surface area contributed by atoms with E-state index in [2.05, 4.69) is 24.1 Å². The molecule has 1 aliphatic carbocycles. The van der Waals surface area contributed by atoms with Gasteiger partial charge in [-0.2, -0.15) is 0 Å². The molecular formula is C16H28N2O2. The van der Waals surface area contributed by atoms with Crippen molar-refractivity contribution in [2.75, 3.05) is 26.2 Å². The van der Waals surface area contributed by atoms with Gasteiger partial charge in [0.2, 0.25) is 5.91 Å². The summed E-state index contributed by atoms with van der Waals surface area (Å²) in [6, 6.07) is 0.334. The Morgan fingerprint density at radius 3 is 2.85 bits per heavy atom. The van der Waals surface area contributed by atoms with E-state index < -0.39 is 0 Å². The topological polar surface area (TPSA) is 41.6 Å². The van der Waals surface area contributed by atoms with Gasteiger partial charge >= 0.3 is 0 Å². The molecular weight excluding hydrogens is 252 g/mol. The van der Waals surface area contributed by atoms with E-state index in [1.165, 1.54) is 12.8 Å². The first-order valence-electron chi connectivity index (χ1n) is 8.28. The van der Waals surface area contributed by atoms with Crippen LogP contribution < -0.4 is 5.32 Å². The van der Waals surface area contributed by atoms with Crippen LogP contribution in [0.3, 0.4) is 0 Å². The lowest BCUT2D eigenvalue weighted by atomic mass is 9.74. The number of nitrogens with zero attached hydrogens (tertiary/aromatic N) is 1. The van der Waals surface area contributed by atoms with Crippen LogP contribution in [0, 0.1) is 11.3 Å². The van der Waals surface area contributed by atoms with E-state index in [1.54, 1.807) is 0 Å². The highest BCUT2D eigenvalue weighted by molar-refractivity contribution is 5.84. The number of carbonyl (C=O) groups is 1. The number of fused-ring (bicyclic) bond motifs is 1. The molecule has 3 rings (SSSR count). The number of carbonyl (C=O) groups excluding carboxylic acids is 1. The quantitative estimate of drug-likeness (QED) is 0.838. The summed E-state index contributed by atoms with van der Waals surface area (Å²) in [7, 11) is 0. The summed E-state index contributed by atoms with van der Waals surface area (Å²) in [6.07, 6.45) is 6.01. The van der Waals surface area contributed by atoms with E-state index in [-0.39, 0.29) is 5.41 Å². The lowest BCUT2D eigenvalue weighted by Crippen LogP contribution is -2.59. The van der Waals surface area contributed by atoms with Crippen molar-refractivity contribution < 1.29 is 9.53 Å². The zero-order valence-corrected chi connectivity index (χ0v) is 12.9. The monoisotopic (exact) mass is 280 g/mol. The van der Waals surface area contributed by atoms with Crippen LogP contribution >= 0.6 is 0 Å². The number of amides is 1. The number of hydrogen-bond acceptors (Lipinski definition) is 3. The number of morpholine rings is 1. The van der Waals surface area contributed by atoms with Crippen LogP contribution in [-0.2, 0) is 9.53 Å². The second-order valence-corrected chi connectivity index (χ2v) is 7.00. The summed E-state index contributed by atoms with van der Waals surface area (Å²) in [6.45, 7) is 7.72. The van der Waals surface area contributed by atoms with E-state index >= 15 is 0 Å². The van der Waals surface area contributed by atoms with Crippen LogP contribution in [0.1, 0.15) is 46.0 Å². The number of hydrogen-bond donors (Lipinski definition) is 1. The highest BCUT2D eigenvalue weighted by Crippen LogP contribution is 2.39. The Kier molecular flexibility index (Phi) is 4.04. The van der Waals surface area contributed by atoms with E-state index in [0.29, 0.717) is 30.6 Å². The molecule has 20 heavy (non-hydrogen) atoms. The molecule has 4 nitrogen and oxygen atoms in total. The number of nitrogens with one attached hydrogen (secondary N) is 1. The lowest BCUT2D eigenvalue weighted by Gasteiger charge is -2.47. The SMILES string of the molecule is CC(C)C1(C(=O)N2CCOC3CCCCC32)CCNC1. The Hall–Kier alpha value is -0.610. The van der Waals surface area contributed by atoms with Crippen molar-refractivity contribution in [1.29, 1.82) is 0 Å². The van der Waals surface area contributed by atoms with Crippen LogP contribution in [0.15, 0.2) is 0 Å². The zero-order chi connectivity index (χ0) is 14.2. The molecule has 3 fully saturated rings. The predicted octanol–water partition coefficient (Wildman–Crippen LogP) is 1.79. The molecule has 0 bridgehead atoms. The van der Waals surface area contributed by atoms with Crippen molar-refractivity contribution in [2.24, 2.45) is 11.3 Å². The van der Waals surface area contributed by atoms with Crippen LogP contribution in [0.25, 0.3) is 0 Å². The second-order valence-electron chi connectivity index (χ2n) is 7.00. The molecule has 0 spiro atoms. The summed E-state index contributed by atoms with van der Waals surface area (Å²) >= 11 is 0. The zero-order valence-electron chi connectivity index (χ0n) is 12.9. The standard InChI is InChI=1S/C16H28N2O2/c1-12(2)16(7-8-17-11-16)15(19)18-9-10-20-14-6-4-3-5-13(14)18/h12-14,17H,3-11H2,1-2H3. The smallest absolute Gasteiger partial charge is 0.230 e. The van der Waals surface area contributed by atoms with Gasteiger partial charge in [0.05, 0.1) is 24.2 Å². The highest BCUT2D eigenvalue weighted by atomic mass is 16.5. The van der Waals surface area contributed by atoms with E-state index in [1.807, 2.05) is 0 Å². The van der Waals surface area contributed by atoms with Gasteiger partial charge in [-0.05, 0) is 31.7 Å². The molecule has 0 aromatic rings. The average molecular weight is 280 g/mol. The van der Waals surface area contributed by atoms with Crippen LogP contribution in [0.2, 0.25) is 0 Å². The lowest BCUT2D eigenvalue weighted by molar-refractivity contribution is -0.161. The molecule has 3 atom stereocenters. The molecule has 1 saturated carbocycles. The maximum atomic E-state index is 13.2. The summed E-state index contributed by atoms with van der Waals surface area (Å²) in [4.78, 5) is 15.4. The van der Waals surface area contributed by atoms with Gasteiger partial charge in [0.1, 0.15) is 0 Å². The summed E-state index contributed by atoms with van der Waals surface area (Å²) in [5.74, 6) is 0.785. The molecule has 3 unspecified atom stereocenters. The number of rotatable bonds is 2. The third-order valence-corrected chi connectivity index (χ3v) is 5.71. The third kappa shape index (κ3) is 2.27. The highest BCUT2D eigenvalue weighted by Gasteiger charge is 2.49. The van der Waals surface area contributed by atoms with Gasteiger partial charge in [-0.25, -0.2) is 0 Å². The van der Waals surface area contributed by atoms with Gasteiger partial charge < -0.3 is 15.0 Å². The van der Waals surface area contributed by atoms with Crippen molar-refractivity contribution in [3.63, 3.8) is 0 Å². The fourth-order valence-electron chi connectivity index (χ4n) is 4.27. The Morgan fingerprint density at radius 1 is 1.35 bits per heavy atom. The third-order valence-electron chi connectivity index (χ3n) is 5.71. The summed E-state index contributed by atoms with van der Waals surface area (Å²) in [5, 5.41) is 3.41. The molecule has 2 heterocycles. The van der Waals surface area contributed by atoms with Crippen molar-refractivity contribution in [1.82, 2.24) is 10.2 Å². The van der Waals surface area contributed by atoms with Gasteiger partial charge in [0, 0.05) is 13.1 Å². The van der Waals surface area contributed by atoms with Crippen LogP contribution in [0.4, 0.5) is 0 Å². The first-order valence-corrected chi connectivity index (χ1v) is 8.28. The van der Waals surface area contributed by atoms with Crippen molar-refractivity contribution in [2.45, 2.75) is 58.1 Å². The van der Waals surface area contributed by atoms with Gasteiger partial charge in [-0.1, -0.05) is 26.7 Å². The minimum absolute atomic E-state index is 0.181. The van der Waals surface area contributed by atoms with Crippen LogP contribution in [-0.4, -0.2) is 49.2 Å². The minimum atomic E-state index is -0.181. The maximum Gasteiger partial charge on any atom is 0.230 e. The first-order chi connectivity index (χ1) is 9.65. The maximum absolute atomic E-state index is 13.2. The Morgan fingerprint density at radius 2 is 2.15 bits per heavy atom. The minimum Gasteiger partial charge on any atom is -0.374 e. The molecule has 2 saturated heterocycles. The predicted molar refractivity (Wildman–Crippen MR) is 78.5 cm³/mol. The van der Waals surface area contributed by atoms with Gasteiger partial charge in [0.15, 0.2) is 0 Å². The van der Waals surface area contributed by atoms with Crippen molar-refractivity contribution in [3.05, 3.63) is 0 Å². The fraction of sp³-hybridized carbons (Fsp3) is 0.938. The fourth-order valence-corrected chi connectivity index (χ4v) is 4.27. The Bertz CT molecular complexity index is 361. The molecule has 3 aliphatic rings. The second kappa shape index (κ2) is 5.64. The summed E-state index contributed by atoms with van der Waals surface area (Å²) < 4.78 is 5.91. The molecule has 0 aromatic carbocycles. The Labute approximate surface area is 122 Å². The van der Waals surface area contributed by atoms with Gasteiger partial charge in [-0.3, -0.25) is 4.79 Å². The van der Waals surface area contributed by atoms with Crippen molar-refractivity contribution >= 4 is 5.91 Å². The molecule has 1 N–H and O–H groups in total. The molecule has 0 radical (unpaired) electrons. The molecule has 2 aliphatic heterocycles. The normalized spacial score (nSPS) is 38.0. The van der Waals surface area contributed by atoms with Gasteiger partial charge in [0.25, 0.3) is 0 Å². The number of ether oxygens (including phenoxy) is 1. The van der Waals surface area contributed by atoms with E-state index in [9.17, 15) is 4.79 Å². The first kappa shape index (κ1) is 14.3. The molecule has 1 amide bonds. The van der Waals surface area contributed by atoms with Gasteiger partial charge in [-0.15, -0.1) is 0 Å². The van der Waals surface area contributed by atoms with E-state index in [0.717, 1.165) is 38.9 Å². The van der Waals surface area contributed by atoms with E-state index in [4.69, 9.17) is 4.74 Å².